The van der Waals surface area contributed by atoms with Crippen molar-refractivity contribution in [2.75, 3.05) is 13.2 Å². The van der Waals surface area contributed by atoms with Crippen molar-refractivity contribution in [1.82, 2.24) is 0 Å². The largest absolute Gasteiger partial charge is 0.407 e. The van der Waals surface area contributed by atoms with Crippen molar-refractivity contribution in [3.05, 3.63) is 60.7 Å². The van der Waals surface area contributed by atoms with Crippen LogP contribution in [0.25, 0.3) is 0 Å². The molecule has 2 aromatic carbocycles. The van der Waals surface area contributed by atoms with Gasteiger partial charge >= 0.3 is 0 Å². The standard InChI is InChI=1S/C26H34O3Si/c1-25(2,3)30(22-14-7-5-8-15-22,23-16-9-6-10-17-23)28-21-12-11-18-24-26(4,29-24)19-13-20-27/h5-10,14-17,24,27H,11-12,18,20-21H2,1-4H3/t24-,26-/m0/s1. The number of rotatable bonds is 8. The maximum absolute atomic E-state index is 8.88. The topological polar surface area (TPSA) is 42.0 Å². The van der Waals surface area contributed by atoms with Gasteiger partial charge in [-0.3, -0.25) is 0 Å². The Labute approximate surface area is 182 Å². The lowest BCUT2D eigenvalue weighted by molar-refractivity contribution is 0.281. The molecule has 0 saturated carbocycles. The lowest BCUT2D eigenvalue weighted by Crippen LogP contribution is -2.66. The molecule has 160 valence electrons. The number of ether oxygens (including phenoxy) is 1. The van der Waals surface area contributed by atoms with Gasteiger partial charge in [0.05, 0.1) is 6.10 Å². The SMILES string of the molecule is CC(C)(C)[Si](OCCCC[C@@H]1O[C@@]1(C)C#CCO)(c1ccccc1)c1ccccc1. The Kier molecular flexibility index (Phi) is 7.20. The van der Waals surface area contributed by atoms with Crippen LogP contribution in [-0.2, 0) is 9.16 Å². The summed E-state index contributed by atoms with van der Waals surface area (Å²) in [7, 11) is -2.44. The normalized spacial score (nSPS) is 21.0. The molecule has 2 aromatic rings. The maximum atomic E-state index is 8.88. The minimum absolute atomic E-state index is 0.00771. The first-order valence-corrected chi connectivity index (χ1v) is 12.8. The zero-order valence-electron chi connectivity index (χ0n) is 18.7. The first kappa shape index (κ1) is 22.8. The highest BCUT2D eigenvalue weighted by atomic mass is 28.4. The van der Waals surface area contributed by atoms with Crippen molar-refractivity contribution >= 4 is 18.7 Å². The second kappa shape index (κ2) is 9.49. The van der Waals surface area contributed by atoms with Crippen LogP contribution in [0, 0.1) is 11.8 Å². The summed E-state index contributed by atoms with van der Waals surface area (Å²) in [4.78, 5) is 0. The van der Waals surface area contributed by atoms with Gasteiger partial charge in [-0.15, -0.1) is 0 Å². The quantitative estimate of drug-likeness (QED) is 0.304. The highest BCUT2D eigenvalue weighted by molar-refractivity contribution is 6.99. The Hall–Kier alpha value is -1.90. The summed E-state index contributed by atoms with van der Waals surface area (Å²) in [6, 6.07) is 21.5. The van der Waals surface area contributed by atoms with Crippen molar-refractivity contribution in [3.8, 4) is 11.8 Å². The lowest BCUT2D eigenvalue weighted by Gasteiger charge is -2.43. The summed E-state index contributed by atoms with van der Waals surface area (Å²) in [5.41, 5.74) is -0.373. The molecule has 1 aliphatic heterocycles. The van der Waals surface area contributed by atoms with Gasteiger partial charge < -0.3 is 14.3 Å². The smallest absolute Gasteiger partial charge is 0.261 e. The summed E-state index contributed by atoms with van der Waals surface area (Å²) < 4.78 is 12.7. The summed E-state index contributed by atoms with van der Waals surface area (Å²) in [5, 5.41) is 11.5. The molecular formula is C26H34O3Si. The monoisotopic (exact) mass is 422 g/mol. The third kappa shape index (κ3) is 4.87. The zero-order valence-corrected chi connectivity index (χ0v) is 19.7. The van der Waals surface area contributed by atoms with E-state index in [0.717, 1.165) is 25.9 Å². The number of aliphatic hydroxyl groups excluding tert-OH is 1. The molecule has 0 radical (unpaired) electrons. The summed E-state index contributed by atoms with van der Waals surface area (Å²) in [6.07, 6.45) is 3.18. The summed E-state index contributed by atoms with van der Waals surface area (Å²) in [5.74, 6) is 5.73. The van der Waals surface area contributed by atoms with Crippen LogP contribution in [0.2, 0.25) is 5.04 Å². The highest BCUT2D eigenvalue weighted by Gasteiger charge is 2.51. The molecule has 0 bridgehead atoms. The van der Waals surface area contributed by atoms with E-state index in [1.54, 1.807) is 0 Å². The van der Waals surface area contributed by atoms with E-state index in [1.165, 1.54) is 10.4 Å². The molecule has 1 N–H and O–H groups in total. The van der Waals surface area contributed by atoms with Gasteiger partial charge in [-0.1, -0.05) is 93.3 Å². The minimum Gasteiger partial charge on any atom is -0.407 e. The van der Waals surface area contributed by atoms with Gasteiger partial charge in [0.25, 0.3) is 8.32 Å². The van der Waals surface area contributed by atoms with E-state index in [1.807, 2.05) is 6.92 Å². The van der Waals surface area contributed by atoms with Crippen LogP contribution in [-0.4, -0.2) is 38.3 Å². The van der Waals surface area contributed by atoms with Crippen molar-refractivity contribution in [2.45, 2.75) is 63.7 Å². The Balaban J connectivity index is 1.70. The van der Waals surface area contributed by atoms with Gasteiger partial charge in [-0.05, 0) is 41.6 Å². The lowest BCUT2D eigenvalue weighted by atomic mass is 10.0. The van der Waals surface area contributed by atoms with Gasteiger partial charge in [-0.2, -0.15) is 0 Å². The second-order valence-corrected chi connectivity index (χ2v) is 13.5. The van der Waals surface area contributed by atoms with Crippen LogP contribution >= 0.6 is 0 Å². The molecule has 2 atom stereocenters. The van der Waals surface area contributed by atoms with Crippen LogP contribution < -0.4 is 10.4 Å². The fourth-order valence-corrected chi connectivity index (χ4v) is 8.95. The van der Waals surface area contributed by atoms with Crippen molar-refractivity contribution in [3.63, 3.8) is 0 Å². The molecule has 0 aromatic heterocycles. The molecule has 30 heavy (non-hydrogen) atoms. The molecule has 0 spiro atoms. The molecule has 1 heterocycles. The average Bonchev–Trinajstić information content (AvgIpc) is 3.39. The maximum Gasteiger partial charge on any atom is 0.261 e. The molecule has 1 fully saturated rings. The summed E-state index contributed by atoms with van der Waals surface area (Å²) in [6.45, 7) is 9.55. The van der Waals surface area contributed by atoms with E-state index >= 15 is 0 Å². The third-order valence-corrected chi connectivity index (χ3v) is 11.0. The Morgan fingerprint density at radius 2 is 1.57 bits per heavy atom. The molecule has 1 aliphatic rings. The second-order valence-electron chi connectivity index (χ2n) is 9.18. The van der Waals surface area contributed by atoms with E-state index < -0.39 is 8.32 Å². The van der Waals surface area contributed by atoms with Crippen LogP contribution in [0.4, 0.5) is 0 Å². The highest BCUT2D eigenvalue weighted by Crippen LogP contribution is 2.39. The molecule has 0 amide bonds. The summed E-state index contributed by atoms with van der Waals surface area (Å²) >= 11 is 0. The van der Waals surface area contributed by atoms with Crippen molar-refractivity contribution in [2.24, 2.45) is 0 Å². The van der Waals surface area contributed by atoms with E-state index in [9.17, 15) is 0 Å². The molecule has 0 unspecified atom stereocenters. The number of benzene rings is 2. The molecule has 1 saturated heterocycles. The van der Waals surface area contributed by atoms with Crippen LogP contribution in [0.3, 0.4) is 0 Å². The first-order valence-electron chi connectivity index (χ1n) is 10.9. The van der Waals surface area contributed by atoms with Gasteiger partial charge in [0, 0.05) is 6.61 Å². The Bertz CT molecular complexity index is 824. The van der Waals surface area contributed by atoms with E-state index in [2.05, 4.69) is 93.3 Å². The van der Waals surface area contributed by atoms with Gasteiger partial charge in [-0.25, -0.2) is 0 Å². The zero-order chi connectivity index (χ0) is 21.7. The van der Waals surface area contributed by atoms with Crippen molar-refractivity contribution in [1.29, 1.82) is 0 Å². The third-order valence-electron chi connectivity index (χ3n) is 5.96. The van der Waals surface area contributed by atoms with Gasteiger partial charge in [0.2, 0.25) is 0 Å². The predicted octanol–water partition coefficient (Wildman–Crippen LogP) is 3.89. The van der Waals surface area contributed by atoms with E-state index in [0.29, 0.717) is 0 Å². The Morgan fingerprint density at radius 3 is 2.07 bits per heavy atom. The average molecular weight is 423 g/mol. The fourth-order valence-electron chi connectivity index (χ4n) is 4.34. The fraction of sp³-hybridized carbons (Fsp3) is 0.462. The van der Waals surface area contributed by atoms with E-state index in [-0.39, 0.29) is 23.4 Å². The van der Waals surface area contributed by atoms with Crippen LogP contribution in [0.1, 0.15) is 47.0 Å². The van der Waals surface area contributed by atoms with Gasteiger partial charge in [0.1, 0.15) is 6.61 Å². The minimum atomic E-state index is -2.44. The number of hydrogen-bond donors (Lipinski definition) is 1. The van der Waals surface area contributed by atoms with E-state index in [4.69, 9.17) is 14.3 Å². The molecule has 0 aliphatic carbocycles. The van der Waals surface area contributed by atoms with Crippen LogP contribution in [0.15, 0.2) is 60.7 Å². The van der Waals surface area contributed by atoms with Gasteiger partial charge in [0.15, 0.2) is 5.60 Å². The first-order chi connectivity index (χ1) is 14.3. The molecule has 4 heteroatoms. The number of unbranched alkanes of at least 4 members (excludes halogenated alkanes) is 1. The van der Waals surface area contributed by atoms with Crippen molar-refractivity contribution < 1.29 is 14.3 Å². The number of aliphatic hydroxyl groups is 1. The number of hydrogen-bond acceptors (Lipinski definition) is 3. The molecule has 3 nitrogen and oxygen atoms in total. The number of epoxide rings is 1. The molecule has 3 rings (SSSR count). The molecular weight excluding hydrogens is 388 g/mol. The predicted molar refractivity (Wildman–Crippen MR) is 126 cm³/mol. The Morgan fingerprint density at radius 1 is 1.00 bits per heavy atom. The van der Waals surface area contributed by atoms with Crippen LogP contribution in [0.5, 0.6) is 0 Å².